The monoisotopic (exact) mass is 431 g/mol. The molecule has 0 saturated heterocycles. The molecule has 166 valence electrons. The second-order valence-corrected chi connectivity index (χ2v) is 7.84. The molecular weight excluding hydrogens is 402 g/mol. The first kappa shape index (κ1) is 23.0. The largest absolute Gasteiger partial charge is 0.495 e. The van der Waals surface area contributed by atoms with Crippen molar-refractivity contribution in [2.45, 2.75) is 19.9 Å². The van der Waals surface area contributed by atoms with Crippen LogP contribution < -0.4 is 15.4 Å². The number of ether oxygens (including phenoxy) is 1. The Morgan fingerprint density at radius 3 is 2.22 bits per heavy atom. The van der Waals surface area contributed by atoms with Crippen molar-refractivity contribution in [1.82, 2.24) is 4.90 Å². The molecule has 0 fully saturated rings. The highest BCUT2D eigenvalue weighted by atomic mass is 16.5. The molecule has 0 radical (unpaired) electrons. The van der Waals surface area contributed by atoms with Crippen LogP contribution in [-0.2, 0) is 9.59 Å². The van der Waals surface area contributed by atoms with Crippen LogP contribution in [0.5, 0.6) is 5.75 Å². The number of rotatable bonds is 8. The fourth-order valence-electron chi connectivity index (χ4n) is 3.52. The minimum absolute atomic E-state index is 0.0474. The van der Waals surface area contributed by atoms with Crippen LogP contribution in [0.4, 0.5) is 11.4 Å². The molecule has 3 rings (SSSR count). The van der Waals surface area contributed by atoms with Gasteiger partial charge in [-0.2, -0.15) is 0 Å². The molecule has 32 heavy (non-hydrogen) atoms. The molecule has 6 nitrogen and oxygen atoms in total. The lowest BCUT2D eigenvalue weighted by Gasteiger charge is -2.27. The van der Waals surface area contributed by atoms with Crippen LogP contribution in [0.3, 0.4) is 0 Å². The molecule has 2 N–H and O–H groups in total. The summed E-state index contributed by atoms with van der Waals surface area (Å²) in [6.07, 6.45) is 0. The number of carbonyl (C=O) groups is 2. The highest BCUT2D eigenvalue weighted by Crippen LogP contribution is 2.28. The Morgan fingerprint density at radius 2 is 1.56 bits per heavy atom. The lowest BCUT2D eigenvalue weighted by atomic mass is 10.0. The van der Waals surface area contributed by atoms with Crippen LogP contribution in [0.25, 0.3) is 0 Å². The number of aryl methyl sites for hydroxylation is 2. The first-order chi connectivity index (χ1) is 15.4. The van der Waals surface area contributed by atoms with Crippen molar-refractivity contribution in [1.29, 1.82) is 0 Å². The number of likely N-dealkylation sites (N-methyl/N-ethyl adjacent to an activating group) is 1. The zero-order chi connectivity index (χ0) is 23.1. The number of nitrogens with zero attached hydrogens (tertiary/aromatic N) is 1. The van der Waals surface area contributed by atoms with Crippen LogP contribution in [0.2, 0.25) is 0 Å². The predicted molar refractivity (Wildman–Crippen MR) is 128 cm³/mol. The maximum absolute atomic E-state index is 13.4. The third-order valence-corrected chi connectivity index (χ3v) is 5.15. The Morgan fingerprint density at radius 1 is 0.906 bits per heavy atom. The smallest absolute Gasteiger partial charge is 0.246 e. The molecule has 1 atom stereocenters. The summed E-state index contributed by atoms with van der Waals surface area (Å²) >= 11 is 0. The summed E-state index contributed by atoms with van der Waals surface area (Å²) in [4.78, 5) is 27.8. The third-order valence-electron chi connectivity index (χ3n) is 5.15. The number of nitrogens with one attached hydrogen (secondary N) is 2. The standard InChI is InChI=1S/C26H29N3O3/c1-18-10-13-21(14-11-18)27-24(30)17-29(3)25(20-8-6-5-7-9-20)26(31)28-22-16-19(2)12-15-23(22)32-4/h5-16,25H,17H2,1-4H3,(H,27,30)(H,28,31). The van der Waals surface area contributed by atoms with Crippen LogP contribution in [0.15, 0.2) is 72.8 Å². The number of benzene rings is 3. The van der Waals surface area contributed by atoms with Crippen molar-refractivity contribution in [3.8, 4) is 5.75 Å². The van der Waals surface area contributed by atoms with Gasteiger partial charge in [0.2, 0.25) is 11.8 Å². The van der Waals surface area contributed by atoms with Gasteiger partial charge in [-0.1, -0.05) is 54.1 Å². The van der Waals surface area contributed by atoms with E-state index in [-0.39, 0.29) is 18.4 Å². The Bertz CT molecular complexity index is 1070. The lowest BCUT2D eigenvalue weighted by Crippen LogP contribution is -2.39. The fourth-order valence-corrected chi connectivity index (χ4v) is 3.52. The van der Waals surface area contributed by atoms with Gasteiger partial charge in [-0.05, 0) is 56.3 Å². The van der Waals surface area contributed by atoms with E-state index in [9.17, 15) is 9.59 Å². The summed E-state index contributed by atoms with van der Waals surface area (Å²) in [6, 6.07) is 22.0. The van der Waals surface area contributed by atoms with Crippen molar-refractivity contribution in [2.75, 3.05) is 31.3 Å². The first-order valence-electron chi connectivity index (χ1n) is 10.4. The molecule has 0 aliphatic heterocycles. The predicted octanol–water partition coefficient (Wildman–Crippen LogP) is 4.56. The SMILES string of the molecule is COc1ccc(C)cc1NC(=O)C(c1ccccc1)N(C)CC(=O)Nc1ccc(C)cc1. The van der Waals surface area contributed by atoms with Gasteiger partial charge in [-0.3, -0.25) is 14.5 Å². The third kappa shape index (κ3) is 5.95. The molecule has 0 heterocycles. The van der Waals surface area contributed by atoms with E-state index in [2.05, 4.69) is 10.6 Å². The van der Waals surface area contributed by atoms with Gasteiger partial charge in [-0.25, -0.2) is 0 Å². The topological polar surface area (TPSA) is 70.7 Å². The summed E-state index contributed by atoms with van der Waals surface area (Å²) in [6.45, 7) is 3.99. The highest BCUT2D eigenvalue weighted by molar-refractivity contribution is 5.98. The molecule has 3 aromatic carbocycles. The molecule has 0 aliphatic carbocycles. The van der Waals surface area contributed by atoms with Crippen molar-refractivity contribution in [3.63, 3.8) is 0 Å². The van der Waals surface area contributed by atoms with Crippen LogP contribution in [-0.4, -0.2) is 37.4 Å². The molecule has 2 amide bonds. The van der Waals surface area contributed by atoms with E-state index in [1.807, 2.05) is 86.6 Å². The van der Waals surface area contributed by atoms with Gasteiger partial charge in [0.15, 0.2) is 0 Å². The van der Waals surface area contributed by atoms with Gasteiger partial charge in [0.1, 0.15) is 11.8 Å². The second kappa shape index (κ2) is 10.6. The van der Waals surface area contributed by atoms with Gasteiger partial charge >= 0.3 is 0 Å². The molecule has 0 saturated carbocycles. The zero-order valence-corrected chi connectivity index (χ0v) is 18.9. The van der Waals surface area contributed by atoms with Crippen molar-refractivity contribution < 1.29 is 14.3 Å². The number of amides is 2. The summed E-state index contributed by atoms with van der Waals surface area (Å²) < 4.78 is 5.39. The molecular formula is C26H29N3O3. The maximum atomic E-state index is 13.4. The Balaban J connectivity index is 1.79. The van der Waals surface area contributed by atoms with E-state index >= 15 is 0 Å². The first-order valence-corrected chi connectivity index (χ1v) is 10.4. The van der Waals surface area contributed by atoms with E-state index < -0.39 is 6.04 Å². The van der Waals surface area contributed by atoms with Gasteiger partial charge in [0.05, 0.1) is 19.3 Å². The minimum Gasteiger partial charge on any atom is -0.495 e. The molecule has 0 bridgehead atoms. The van der Waals surface area contributed by atoms with Crippen molar-refractivity contribution in [3.05, 3.63) is 89.5 Å². The number of methoxy groups -OCH3 is 1. The zero-order valence-electron chi connectivity index (χ0n) is 18.9. The summed E-state index contributed by atoms with van der Waals surface area (Å²) in [5, 5.41) is 5.86. The number of hydrogen-bond acceptors (Lipinski definition) is 4. The van der Waals surface area contributed by atoms with Gasteiger partial charge in [0.25, 0.3) is 0 Å². The molecule has 1 unspecified atom stereocenters. The Hall–Kier alpha value is -3.64. The van der Waals surface area contributed by atoms with Crippen LogP contribution >= 0.6 is 0 Å². The van der Waals surface area contributed by atoms with Gasteiger partial charge in [0, 0.05) is 5.69 Å². The fraction of sp³-hybridized carbons (Fsp3) is 0.231. The average Bonchev–Trinajstić information content (AvgIpc) is 2.76. The summed E-state index contributed by atoms with van der Waals surface area (Å²) in [7, 11) is 3.33. The average molecular weight is 432 g/mol. The van der Waals surface area contributed by atoms with Crippen LogP contribution in [0, 0.1) is 13.8 Å². The number of carbonyl (C=O) groups excluding carboxylic acids is 2. The van der Waals surface area contributed by atoms with Gasteiger partial charge < -0.3 is 15.4 Å². The maximum Gasteiger partial charge on any atom is 0.246 e. The molecule has 0 spiro atoms. The minimum atomic E-state index is -0.662. The normalized spacial score (nSPS) is 11.7. The van der Waals surface area contributed by atoms with Gasteiger partial charge in [-0.15, -0.1) is 0 Å². The lowest BCUT2D eigenvalue weighted by molar-refractivity contribution is -0.123. The summed E-state index contributed by atoms with van der Waals surface area (Å²) in [5.41, 5.74) is 4.23. The molecule has 0 aromatic heterocycles. The van der Waals surface area contributed by atoms with E-state index in [4.69, 9.17) is 4.74 Å². The van der Waals surface area contributed by atoms with E-state index in [1.54, 1.807) is 19.1 Å². The summed E-state index contributed by atoms with van der Waals surface area (Å²) in [5.74, 6) is 0.138. The Labute approximate surface area is 189 Å². The number of anilines is 2. The van der Waals surface area contributed by atoms with E-state index in [0.717, 1.165) is 22.4 Å². The molecule has 0 aliphatic rings. The quantitative estimate of drug-likeness (QED) is 0.548. The van der Waals surface area contributed by atoms with Crippen molar-refractivity contribution >= 4 is 23.2 Å². The molecule has 3 aromatic rings. The van der Waals surface area contributed by atoms with E-state index in [0.29, 0.717) is 11.4 Å². The number of hydrogen-bond donors (Lipinski definition) is 2. The highest BCUT2D eigenvalue weighted by Gasteiger charge is 2.27. The van der Waals surface area contributed by atoms with Crippen LogP contribution in [0.1, 0.15) is 22.7 Å². The van der Waals surface area contributed by atoms with E-state index in [1.165, 1.54) is 0 Å². The molecule has 6 heteroatoms. The van der Waals surface area contributed by atoms with Crippen molar-refractivity contribution in [2.24, 2.45) is 0 Å². The second-order valence-electron chi connectivity index (χ2n) is 7.84. The Kier molecular flexibility index (Phi) is 7.63.